The van der Waals surface area contributed by atoms with Gasteiger partial charge in [-0.3, -0.25) is 0 Å². The molecule has 2 heterocycles. The second-order valence-corrected chi connectivity index (χ2v) is 2.05. The van der Waals surface area contributed by atoms with Crippen molar-refractivity contribution in [2.45, 2.75) is 0 Å². The Kier molecular flexibility index (Phi) is 1.10. The van der Waals surface area contributed by atoms with E-state index in [2.05, 4.69) is 9.97 Å². The molecule has 48 valence electrons. The minimum atomic E-state index is 0.810. The van der Waals surface area contributed by atoms with Crippen LogP contribution in [0.25, 0.3) is 11.4 Å². The third-order valence-corrected chi connectivity index (χ3v) is 1.38. The fourth-order valence-electron chi connectivity index (χ4n) is 0.898. The van der Waals surface area contributed by atoms with Crippen LogP contribution in [0.1, 0.15) is 0 Å². The summed E-state index contributed by atoms with van der Waals surface area (Å²) in [4.78, 5) is 8.14. The molecule has 0 bridgehead atoms. The van der Waals surface area contributed by atoms with Gasteiger partial charge in [-0.25, -0.2) is 9.97 Å². The van der Waals surface area contributed by atoms with Crippen molar-refractivity contribution in [3.63, 3.8) is 0 Å². The van der Waals surface area contributed by atoms with E-state index < -0.39 is 0 Å². The van der Waals surface area contributed by atoms with Gasteiger partial charge in [0.2, 0.25) is 0 Å². The second kappa shape index (κ2) is 2.06. The normalized spacial score (nSPS) is 10.0. The Balaban J connectivity index is 2.74. The molecule has 0 radical (unpaired) electrons. The van der Waals surface area contributed by atoms with Gasteiger partial charge in [-0.1, -0.05) is 12.1 Å². The second-order valence-electron chi connectivity index (χ2n) is 2.05. The number of nitrogens with zero attached hydrogens (tertiary/aromatic N) is 2. The zero-order chi connectivity index (χ0) is 6.81. The lowest BCUT2D eigenvalue weighted by molar-refractivity contribution is 1.25. The van der Waals surface area contributed by atoms with Crippen molar-refractivity contribution >= 4 is 0 Å². The molecule has 0 fully saturated rings. The molecule has 2 aliphatic rings. The molecular weight excluding hydrogens is 124 g/mol. The van der Waals surface area contributed by atoms with Crippen LogP contribution in [-0.2, 0) is 0 Å². The highest BCUT2D eigenvalue weighted by Crippen LogP contribution is 2.13. The van der Waals surface area contributed by atoms with Crippen LogP contribution in [0.5, 0.6) is 0 Å². The average Bonchev–Trinajstić information content (AvgIpc) is 2.28. The summed E-state index contributed by atoms with van der Waals surface area (Å²) in [6.45, 7) is 0. The Bertz CT molecular complexity index is 278. The molecular formula is C8H6N2. The molecule has 0 atom stereocenters. The van der Waals surface area contributed by atoms with Gasteiger partial charge < -0.3 is 0 Å². The minimum Gasteiger partial charge on any atom is -0.237 e. The molecule has 2 nitrogen and oxygen atoms in total. The van der Waals surface area contributed by atoms with Gasteiger partial charge in [-0.15, -0.1) is 0 Å². The van der Waals surface area contributed by atoms with Crippen molar-refractivity contribution in [3.05, 3.63) is 36.7 Å². The topological polar surface area (TPSA) is 25.8 Å². The van der Waals surface area contributed by atoms with Crippen molar-refractivity contribution in [1.82, 2.24) is 9.97 Å². The van der Waals surface area contributed by atoms with Crippen molar-refractivity contribution in [2.75, 3.05) is 0 Å². The SMILES string of the molecule is c1ccc2ccnc-2nc1. The highest BCUT2D eigenvalue weighted by Gasteiger charge is 1.98. The number of fused-ring (bicyclic) bond motifs is 1. The predicted molar refractivity (Wildman–Crippen MR) is 38.7 cm³/mol. The predicted octanol–water partition coefficient (Wildman–Crippen LogP) is 1.58. The standard InChI is InChI=1S/C8H6N2/c1-2-5-9-8-7(3-1)4-6-10-8/h1-6H. The van der Waals surface area contributed by atoms with Gasteiger partial charge >= 0.3 is 0 Å². The Labute approximate surface area is 58.9 Å². The third-order valence-electron chi connectivity index (χ3n) is 1.38. The van der Waals surface area contributed by atoms with E-state index in [-0.39, 0.29) is 0 Å². The van der Waals surface area contributed by atoms with Crippen LogP contribution in [0.2, 0.25) is 0 Å². The Morgan fingerprint density at radius 3 is 2.80 bits per heavy atom. The van der Waals surface area contributed by atoms with Crippen LogP contribution in [-0.4, -0.2) is 9.97 Å². The molecule has 0 aliphatic carbocycles. The Morgan fingerprint density at radius 1 is 0.900 bits per heavy atom. The molecule has 10 heavy (non-hydrogen) atoms. The summed E-state index contributed by atoms with van der Waals surface area (Å²) >= 11 is 0. The van der Waals surface area contributed by atoms with Gasteiger partial charge in [0.15, 0.2) is 5.82 Å². The fourth-order valence-corrected chi connectivity index (χ4v) is 0.898. The van der Waals surface area contributed by atoms with E-state index in [0.717, 1.165) is 11.4 Å². The smallest absolute Gasteiger partial charge is 0.159 e. The van der Waals surface area contributed by atoms with Gasteiger partial charge in [0, 0.05) is 18.0 Å². The zero-order valence-electron chi connectivity index (χ0n) is 5.36. The molecule has 0 saturated carbocycles. The summed E-state index contributed by atoms with van der Waals surface area (Å²) in [6.07, 6.45) is 3.51. The molecule has 0 saturated heterocycles. The van der Waals surface area contributed by atoms with E-state index in [0.29, 0.717) is 0 Å². The molecule has 2 heteroatoms. The fraction of sp³-hybridized carbons (Fsp3) is 0. The van der Waals surface area contributed by atoms with Gasteiger partial charge in [0.25, 0.3) is 0 Å². The Hall–Kier alpha value is -1.44. The quantitative estimate of drug-likeness (QED) is 0.541. The Morgan fingerprint density at radius 2 is 1.80 bits per heavy atom. The summed E-state index contributed by atoms with van der Waals surface area (Å²) in [5, 5.41) is 0. The van der Waals surface area contributed by atoms with Crippen molar-refractivity contribution in [2.24, 2.45) is 0 Å². The summed E-state index contributed by atoms with van der Waals surface area (Å²) in [5.41, 5.74) is 1.09. The first-order valence-electron chi connectivity index (χ1n) is 3.12. The molecule has 0 aromatic rings. The van der Waals surface area contributed by atoms with E-state index in [4.69, 9.17) is 0 Å². The van der Waals surface area contributed by atoms with Crippen molar-refractivity contribution in [3.8, 4) is 11.4 Å². The van der Waals surface area contributed by atoms with Crippen LogP contribution in [0.15, 0.2) is 36.7 Å². The van der Waals surface area contributed by atoms with Gasteiger partial charge in [-0.05, 0) is 12.1 Å². The van der Waals surface area contributed by atoms with E-state index in [1.807, 2.05) is 24.3 Å². The van der Waals surface area contributed by atoms with E-state index in [1.54, 1.807) is 12.4 Å². The molecule has 0 unspecified atom stereocenters. The largest absolute Gasteiger partial charge is 0.237 e. The van der Waals surface area contributed by atoms with Crippen LogP contribution in [0.4, 0.5) is 0 Å². The lowest BCUT2D eigenvalue weighted by atomic mass is 10.3. The van der Waals surface area contributed by atoms with Gasteiger partial charge in [0.05, 0.1) is 0 Å². The van der Waals surface area contributed by atoms with E-state index in [9.17, 15) is 0 Å². The summed E-state index contributed by atoms with van der Waals surface area (Å²) in [6, 6.07) is 7.79. The molecule has 0 N–H and O–H groups in total. The van der Waals surface area contributed by atoms with Crippen molar-refractivity contribution < 1.29 is 0 Å². The van der Waals surface area contributed by atoms with Crippen LogP contribution in [0, 0.1) is 0 Å². The molecule has 0 spiro atoms. The first kappa shape index (κ1) is 5.35. The zero-order valence-corrected chi connectivity index (χ0v) is 5.36. The minimum absolute atomic E-state index is 0.810. The van der Waals surface area contributed by atoms with E-state index in [1.165, 1.54) is 0 Å². The van der Waals surface area contributed by atoms with Crippen LogP contribution < -0.4 is 0 Å². The molecule has 0 amide bonds. The number of rotatable bonds is 0. The van der Waals surface area contributed by atoms with E-state index >= 15 is 0 Å². The number of hydrogen-bond donors (Lipinski definition) is 0. The molecule has 0 aromatic heterocycles. The maximum Gasteiger partial charge on any atom is 0.159 e. The van der Waals surface area contributed by atoms with Crippen LogP contribution in [0.3, 0.4) is 0 Å². The monoisotopic (exact) mass is 130 g/mol. The summed E-state index contributed by atoms with van der Waals surface area (Å²) in [5.74, 6) is 0.810. The molecule has 0 aromatic carbocycles. The van der Waals surface area contributed by atoms with Gasteiger partial charge in [0.1, 0.15) is 0 Å². The van der Waals surface area contributed by atoms with Crippen LogP contribution >= 0.6 is 0 Å². The summed E-state index contributed by atoms with van der Waals surface area (Å²) < 4.78 is 0. The lowest BCUT2D eigenvalue weighted by Gasteiger charge is -1.82. The number of aromatic nitrogens is 2. The first-order chi connectivity index (χ1) is 4.97. The maximum atomic E-state index is 4.09. The molecule has 2 aliphatic heterocycles. The highest BCUT2D eigenvalue weighted by molar-refractivity contribution is 5.55. The number of hydrogen-bond acceptors (Lipinski definition) is 2. The lowest BCUT2D eigenvalue weighted by Crippen LogP contribution is -1.72. The third kappa shape index (κ3) is 0.739. The van der Waals surface area contributed by atoms with Crippen molar-refractivity contribution in [1.29, 1.82) is 0 Å². The maximum absolute atomic E-state index is 4.09. The van der Waals surface area contributed by atoms with Gasteiger partial charge in [-0.2, -0.15) is 0 Å². The molecule has 2 rings (SSSR count). The average molecular weight is 130 g/mol. The summed E-state index contributed by atoms with van der Waals surface area (Å²) in [7, 11) is 0. The first-order valence-corrected chi connectivity index (χ1v) is 3.12. The highest BCUT2D eigenvalue weighted by atomic mass is 14.8.